The van der Waals surface area contributed by atoms with E-state index < -0.39 is 29.1 Å². The van der Waals surface area contributed by atoms with Crippen LogP contribution in [-0.2, 0) is 15.1 Å². The quantitative estimate of drug-likeness (QED) is 0.537. The second kappa shape index (κ2) is 10.8. The van der Waals surface area contributed by atoms with Crippen molar-refractivity contribution in [1.82, 2.24) is 15.2 Å². The number of methoxy groups -OCH3 is 1. The summed E-state index contributed by atoms with van der Waals surface area (Å²) in [7, 11) is 1.23. The average Bonchev–Trinajstić information content (AvgIpc) is 2.83. The van der Waals surface area contributed by atoms with Crippen LogP contribution >= 0.6 is 11.6 Å². The molecule has 0 radical (unpaired) electrons. The van der Waals surface area contributed by atoms with Crippen LogP contribution in [0, 0.1) is 11.3 Å². The average molecular weight is 517 g/mol. The molecule has 9 nitrogen and oxygen atoms in total. The number of anilines is 1. The van der Waals surface area contributed by atoms with Crippen molar-refractivity contribution in [2.45, 2.75) is 45.8 Å². The Labute approximate surface area is 216 Å². The van der Waals surface area contributed by atoms with Gasteiger partial charge < -0.3 is 20.1 Å². The van der Waals surface area contributed by atoms with Crippen molar-refractivity contribution < 1.29 is 24.2 Å². The Morgan fingerprint density at radius 3 is 2.39 bits per heavy atom. The van der Waals surface area contributed by atoms with Crippen LogP contribution in [0.1, 0.15) is 50.2 Å². The number of carbonyl (C=O) groups is 3. The van der Waals surface area contributed by atoms with Crippen LogP contribution in [0.5, 0.6) is 0 Å². The molecule has 2 aromatic rings. The van der Waals surface area contributed by atoms with Crippen molar-refractivity contribution in [3.8, 4) is 0 Å². The summed E-state index contributed by atoms with van der Waals surface area (Å²) in [5, 5.41) is 17.4. The third-order valence-corrected chi connectivity index (χ3v) is 6.95. The van der Waals surface area contributed by atoms with E-state index in [1.165, 1.54) is 19.2 Å². The molecule has 0 aliphatic carbocycles. The van der Waals surface area contributed by atoms with Crippen molar-refractivity contribution in [3.05, 3.63) is 58.7 Å². The van der Waals surface area contributed by atoms with Gasteiger partial charge in [-0.1, -0.05) is 57.5 Å². The molecule has 2 heterocycles. The summed E-state index contributed by atoms with van der Waals surface area (Å²) in [6, 6.07) is 10.9. The number of aromatic nitrogens is 1. The molecule has 10 heteroatoms. The van der Waals surface area contributed by atoms with Gasteiger partial charge in [0.1, 0.15) is 17.6 Å². The lowest BCUT2D eigenvalue weighted by Gasteiger charge is -2.51. The summed E-state index contributed by atoms with van der Waals surface area (Å²) in [5.74, 6) is -0.808. The van der Waals surface area contributed by atoms with Crippen LogP contribution in [0.15, 0.2) is 42.5 Å². The Balaban J connectivity index is 1.75. The van der Waals surface area contributed by atoms with Gasteiger partial charge in [0.25, 0.3) is 5.91 Å². The van der Waals surface area contributed by atoms with Crippen molar-refractivity contribution in [2.75, 3.05) is 25.5 Å². The van der Waals surface area contributed by atoms with Crippen LogP contribution in [0.25, 0.3) is 0 Å². The Bertz CT molecular complexity index is 1120. The van der Waals surface area contributed by atoms with E-state index in [1.54, 1.807) is 23.1 Å². The van der Waals surface area contributed by atoms with Gasteiger partial charge in [0, 0.05) is 23.5 Å². The van der Waals surface area contributed by atoms with Gasteiger partial charge >= 0.3 is 6.09 Å². The molecule has 3 N–H and O–H groups in total. The number of rotatable bonds is 6. The fraction of sp³-hybridized carbons (Fsp3) is 0.462. The Morgan fingerprint density at radius 1 is 1.14 bits per heavy atom. The lowest BCUT2D eigenvalue weighted by molar-refractivity contribution is -0.155. The van der Waals surface area contributed by atoms with E-state index in [1.807, 2.05) is 39.8 Å². The first-order chi connectivity index (χ1) is 16.9. The lowest BCUT2D eigenvalue weighted by Crippen LogP contribution is -2.60. The van der Waals surface area contributed by atoms with E-state index in [0.717, 1.165) is 5.56 Å². The molecule has 1 saturated heterocycles. The third-order valence-electron chi connectivity index (χ3n) is 6.70. The predicted octanol–water partition coefficient (Wildman–Crippen LogP) is 3.81. The number of nitrogens with one attached hydrogen (secondary N) is 2. The molecule has 1 aromatic carbocycles. The van der Waals surface area contributed by atoms with Crippen molar-refractivity contribution >= 4 is 35.3 Å². The minimum atomic E-state index is -1.14. The molecule has 0 unspecified atom stereocenters. The molecule has 0 bridgehead atoms. The molecule has 1 fully saturated rings. The Hall–Kier alpha value is -3.17. The van der Waals surface area contributed by atoms with Crippen LogP contribution in [0.2, 0.25) is 5.02 Å². The number of benzene rings is 1. The third kappa shape index (κ3) is 5.79. The highest BCUT2D eigenvalue weighted by Gasteiger charge is 2.50. The topological polar surface area (TPSA) is 121 Å². The molecule has 194 valence electrons. The van der Waals surface area contributed by atoms with Crippen molar-refractivity contribution in [2.24, 2.45) is 11.3 Å². The number of halogens is 1. The van der Waals surface area contributed by atoms with Gasteiger partial charge in [-0.15, -0.1) is 0 Å². The van der Waals surface area contributed by atoms with Crippen LogP contribution in [0.3, 0.4) is 0 Å². The second-order valence-electron chi connectivity index (χ2n) is 9.98. The molecule has 36 heavy (non-hydrogen) atoms. The fourth-order valence-electron chi connectivity index (χ4n) is 4.48. The van der Waals surface area contributed by atoms with E-state index in [9.17, 15) is 19.5 Å². The van der Waals surface area contributed by atoms with Gasteiger partial charge in [0.2, 0.25) is 5.91 Å². The monoisotopic (exact) mass is 516 g/mol. The van der Waals surface area contributed by atoms with Crippen molar-refractivity contribution in [1.29, 1.82) is 0 Å². The molecule has 0 spiro atoms. The first-order valence-electron chi connectivity index (χ1n) is 11.8. The number of ether oxygens (including phenoxy) is 1. The molecular weight excluding hydrogens is 484 g/mol. The van der Waals surface area contributed by atoms with Crippen LogP contribution in [0.4, 0.5) is 10.6 Å². The molecule has 2 atom stereocenters. The number of likely N-dealkylation sites (tertiary alicyclic amines) is 1. The van der Waals surface area contributed by atoms with E-state index in [0.29, 0.717) is 24.5 Å². The second-order valence-corrected chi connectivity index (χ2v) is 10.4. The number of hydrogen-bond acceptors (Lipinski definition) is 6. The maximum atomic E-state index is 13.6. The first-order valence-corrected chi connectivity index (χ1v) is 12.2. The van der Waals surface area contributed by atoms with E-state index in [2.05, 4.69) is 20.4 Å². The first kappa shape index (κ1) is 27.4. The van der Waals surface area contributed by atoms with Gasteiger partial charge in [0.05, 0.1) is 12.7 Å². The number of nitrogens with zero attached hydrogens (tertiary/aromatic N) is 2. The molecule has 1 aliphatic rings. The highest BCUT2D eigenvalue weighted by atomic mass is 35.5. The number of carbonyl (C=O) groups excluding carboxylic acids is 3. The molecular formula is C26H33ClN4O5. The summed E-state index contributed by atoms with van der Waals surface area (Å²) in [6.07, 6.45) is -0.365. The highest BCUT2D eigenvalue weighted by molar-refractivity contribution is 6.30. The van der Waals surface area contributed by atoms with Crippen molar-refractivity contribution in [3.63, 3.8) is 0 Å². The molecule has 1 aliphatic heterocycles. The summed E-state index contributed by atoms with van der Waals surface area (Å²) in [6.45, 7) is 8.19. The molecule has 3 amide bonds. The summed E-state index contributed by atoms with van der Waals surface area (Å²) in [4.78, 5) is 43.8. The van der Waals surface area contributed by atoms with E-state index >= 15 is 0 Å². The lowest BCUT2D eigenvalue weighted by atomic mass is 9.66. The molecule has 3 rings (SSSR count). The van der Waals surface area contributed by atoms with Gasteiger partial charge in [-0.25, -0.2) is 9.78 Å². The maximum absolute atomic E-state index is 13.6. The fourth-order valence-corrected chi connectivity index (χ4v) is 4.61. The minimum absolute atomic E-state index is 0.0541. The summed E-state index contributed by atoms with van der Waals surface area (Å²) >= 11 is 6.02. The summed E-state index contributed by atoms with van der Waals surface area (Å²) < 4.78 is 4.55. The van der Waals surface area contributed by atoms with Crippen LogP contribution < -0.4 is 10.6 Å². The normalized spacial score (nSPS) is 19.9. The minimum Gasteiger partial charge on any atom is -0.453 e. The maximum Gasteiger partial charge on any atom is 0.412 e. The van der Waals surface area contributed by atoms with E-state index in [4.69, 9.17) is 11.6 Å². The largest absolute Gasteiger partial charge is 0.453 e. The zero-order chi connectivity index (χ0) is 26.7. The van der Waals surface area contributed by atoms with Gasteiger partial charge in [-0.2, -0.15) is 0 Å². The number of aliphatic hydroxyl groups is 1. The number of piperidine rings is 1. The highest BCUT2D eigenvalue weighted by Crippen LogP contribution is 2.46. The van der Waals surface area contributed by atoms with Gasteiger partial charge in [-0.05, 0) is 42.2 Å². The Morgan fingerprint density at radius 2 is 1.81 bits per heavy atom. The number of hydrogen-bond donors (Lipinski definition) is 3. The zero-order valence-corrected chi connectivity index (χ0v) is 21.9. The Kier molecular flexibility index (Phi) is 8.26. The SMILES string of the molecule is COC(=O)Nc1cccc(C(=O)N[C@@H](C(=O)N2CC[C@](O)(c3ccc(Cl)cc3)C(C)(C)C2)C(C)C)n1. The summed E-state index contributed by atoms with van der Waals surface area (Å²) in [5.41, 5.74) is -0.986. The number of pyridine rings is 1. The molecule has 1 aromatic heterocycles. The van der Waals surface area contributed by atoms with E-state index in [-0.39, 0.29) is 23.3 Å². The van der Waals surface area contributed by atoms with Gasteiger partial charge in [-0.3, -0.25) is 14.9 Å². The van der Waals surface area contributed by atoms with Gasteiger partial charge in [0.15, 0.2) is 0 Å². The zero-order valence-electron chi connectivity index (χ0n) is 21.2. The van der Waals surface area contributed by atoms with Crippen LogP contribution in [-0.4, -0.2) is 59.1 Å². The molecule has 0 saturated carbocycles. The number of amides is 3. The smallest absolute Gasteiger partial charge is 0.412 e. The standard InChI is InChI=1S/C26H33ClN4O5/c1-16(2)21(30-22(32)19-7-6-8-20(28-19)29-24(34)36-5)23(33)31-14-13-26(35,25(3,4)15-31)17-9-11-18(27)12-10-17/h6-12,16,21,35H,13-15H2,1-5H3,(H,30,32)(H,28,29,34)/t21-,26+/m1/s1. The predicted molar refractivity (Wildman–Crippen MR) is 137 cm³/mol.